The van der Waals surface area contributed by atoms with E-state index in [2.05, 4.69) is 25.6 Å². The first-order valence-electron chi connectivity index (χ1n) is 4.00. The average molecular weight is 158 g/mol. The van der Waals surface area contributed by atoms with Gasteiger partial charge >= 0.3 is 0 Å². The Bertz CT molecular complexity index is 199. The van der Waals surface area contributed by atoms with E-state index in [1.807, 2.05) is 0 Å². The van der Waals surface area contributed by atoms with E-state index >= 15 is 0 Å². The lowest BCUT2D eigenvalue weighted by atomic mass is 10.0. The average Bonchev–Trinajstić information content (AvgIpc) is 1.83. The van der Waals surface area contributed by atoms with Crippen molar-refractivity contribution in [3.05, 3.63) is 0 Å². The molecule has 1 fully saturated rings. The van der Waals surface area contributed by atoms with Gasteiger partial charge in [0.25, 0.3) is 0 Å². The maximum atomic E-state index is 4.23. The van der Waals surface area contributed by atoms with Crippen LogP contribution in [0.3, 0.4) is 0 Å². The molecule has 0 saturated carbocycles. The molecule has 0 spiro atoms. The van der Waals surface area contributed by atoms with E-state index in [0.29, 0.717) is 0 Å². The molecule has 0 aromatic rings. The van der Waals surface area contributed by atoms with Crippen LogP contribution in [0.2, 0.25) is 0 Å². The van der Waals surface area contributed by atoms with Gasteiger partial charge in [-0.15, -0.1) is 0 Å². The van der Waals surface area contributed by atoms with Gasteiger partial charge in [-0.3, -0.25) is 0 Å². The van der Waals surface area contributed by atoms with Crippen LogP contribution in [-0.4, -0.2) is 22.7 Å². The summed E-state index contributed by atoms with van der Waals surface area (Å²) >= 11 is 0. The maximum Gasteiger partial charge on any atom is -0.00571 e. The summed E-state index contributed by atoms with van der Waals surface area (Å²) in [7, 11) is -0.711. The summed E-state index contributed by atoms with van der Waals surface area (Å²) in [5.74, 6) is 10.6. The zero-order valence-corrected chi connectivity index (χ0v) is 7.91. The topological polar surface area (TPSA) is 0 Å². The second-order valence-electron chi connectivity index (χ2n) is 3.64. The Balaban J connectivity index is 2.80. The van der Waals surface area contributed by atoms with Crippen molar-refractivity contribution in [2.75, 3.05) is 5.75 Å². The predicted octanol–water partition coefficient (Wildman–Crippen LogP) is 2.47. The van der Waals surface area contributed by atoms with Crippen LogP contribution in [0, 0.1) is 5.92 Å². The van der Waals surface area contributed by atoms with Gasteiger partial charge in [0.1, 0.15) is 0 Å². The summed E-state index contributed by atoms with van der Waals surface area (Å²) in [6.45, 7) is 4.65. The van der Waals surface area contributed by atoms with Crippen LogP contribution in [0.25, 0.3) is 0 Å². The highest BCUT2D eigenvalue weighted by Crippen LogP contribution is 2.39. The molecule has 0 aromatic carbocycles. The third kappa shape index (κ3) is 1.39. The maximum absolute atomic E-state index is 4.23. The van der Waals surface area contributed by atoms with Crippen molar-refractivity contribution in [1.82, 2.24) is 0 Å². The molecule has 0 aliphatic carbocycles. The Hall–Kier alpha value is 0.0900. The third-order valence-corrected chi connectivity index (χ3v) is 5.94. The molecule has 0 aromatic heterocycles. The summed E-state index contributed by atoms with van der Waals surface area (Å²) in [5.41, 5.74) is 0. The van der Waals surface area contributed by atoms with E-state index in [4.69, 9.17) is 0 Å². The molecule has 1 aliphatic heterocycles. The lowest BCUT2D eigenvalue weighted by Crippen LogP contribution is -2.21. The highest BCUT2D eigenvalue weighted by molar-refractivity contribution is 8.28. The Kier molecular flexibility index (Phi) is 2.14. The van der Waals surface area contributed by atoms with Crippen molar-refractivity contribution in [1.29, 1.82) is 0 Å². The van der Waals surface area contributed by atoms with Gasteiger partial charge in [0.05, 0.1) is 0 Å². The minimum Gasteiger partial charge on any atom is -0.211 e. The van der Waals surface area contributed by atoms with Crippen molar-refractivity contribution in [2.45, 2.75) is 31.9 Å². The monoisotopic (exact) mass is 158 g/mol. The Morgan fingerprint density at radius 2 is 1.90 bits per heavy atom. The van der Waals surface area contributed by atoms with Gasteiger partial charge in [0.2, 0.25) is 0 Å². The van der Waals surface area contributed by atoms with Gasteiger partial charge in [-0.25, -0.2) is 9.21 Å². The minimum absolute atomic E-state index is 0.711. The Morgan fingerprint density at radius 3 is 2.30 bits per heavy atom. The largest absolute Gasteiger partial charge is 0.211 e. The summed E-state index contributed by atoms with van der Waals surface area (Å²) in [6, 6.07) is 0. The lowest BCUT2D eigenvalue weighted by molar-refractivity contribution is 0.506. The van der Waals surface area contributed by atoms with Gasteiger partial charge in [-0.05, 0) is 29.8 Å². The van der Waals surface area contributed by atoms with Crippen LogP contribution in [-0.2, 0) is 0 Å². The molecular formula is C9H18S. The van der Waals surface area contributed by atoms with Gasteiger partial charge < -0.3 is 0 Å². The van der Waals surface area contributed by atoms with E-state index in [0.717, 1.165) is 11.2 Å². The van der Waals surface area contributed by atoms with Gasteiger partial charge in [-0.1, -0.05) is 25.6 Å². The predicted molar refractivity (Wildman–Crippen MR) is 54.6 cm³/mol. The zero-order valence-electron chi connectivity index (χ0n) is 7.10. The molecule has 1 aliphatic rings. The standard InChI is InChI=1S/C9H18S/c1-8-6-5-7-10(3,4)9(8)2/h8-9H,3-7H2,1-2H3/t8-,9-/m0/s1. The fourth-order valence-corrected chi connectivity index (χ4v) is 3.84. The van der Waals surface area contributed by atoms with Crippen LogP contribution in [0.15, 0.2) is 0 Å². The minimum atomic E-state index is -0.711. The van der Waals surface area contributed by atoms with E-state index in [1.165, 1.54) is 18.6 Å². The molecule has 0 N–H and O–H groups in total. The SMILES string of the molecule is C=S1(=C)CCC[C@H](C)[C@@H]1C. The van der Waals surface area contributed by atoms with Crippen LogP contribution in [0.4, 0.5) is 0 Å². The van der Waals surface area contributed by atoms with Crippen molar-refractivity contribution >= 4 is 20.9 Å². The second-order valence-corrected chi connectivity index (χ2v) is 7.02. The summed E-state index contributed by atoms with van der Waals surface area (Å²) < 4.78 is 0. The number of hydrogen-bond acceptors (Lipinski definition) is 0. The van der Waals surface area contributed by atoms with Crippen LogP contribution < -0.4 is 0 Å². The van der Waals surface area contributed by atoms with Crippen LogP contribution in [0.1, 0.15) is 26.7 Å². The number of rotatable bonds is 0. The molecule has 1 rings (SSSR count). The van der Waals surface area contributed by atoms with Crippen LogP contribution >= 0.6 is 9.21 Å². The zero-order chi connectivity index (χ0) is 7.78. The fraction of sp³-hybridized carbons (Fsp3) is 0.778. The van der Waals surface area contributed by atoms with E-state index in [9.17, 15) is 0 Å². The number of hydrogen-bond donors (Lipinski definition) is 0. The van der Waals surface area contributed by atoms with E-state index in [-0.39, 0.29) is 0 Å². The molecule has 60 valence electrons. The summed E-state index contributed by atoms with van der Waals surface area (Å²) in [4.78, 5) is 0. The van der Waals surface area contributed by atoms with Gasteiger partial charge in [0, 0.05) is 0 Å². The van der Waals surface area contributed by atoms with Crippen molar-refractivity contribution in [3.63, 3.8) is 0 Å². The first-order valence-corrected chi connectivity index (χ1v) is 6.20. The molecule has 0 unspecified atom stereocenters. The second kappa shape index (κ2) is 2.61. The Labute approximate surface area is 65.1 Å². The molecule has 0 radical (unpaired) electrons. The molecule has 1 saturated heterocycles. The smallest absolute Gasteiger partial charge is 0.00571 e. The summed E-state index contributed by atoms with van der Waals surface area (Å²) in [5, 5.41) is 0.779. The molecule has 1 heterocycles. The first-order chi connectivity index (χ1) is 4.54. The molecule has 2 atom stereocenters. The molecular weight excluding hydrogens is 140 g/mol. The fourth-order valence-electron chi connectivity index (χ4n) is 1.61. The van der Waals surface area contributed by atoms with Crippen molar-refractivity contribution < 1.29 is 0 Å². The summed E-state index contributed by atoms with van der Waals surface area (Å²) in [6.07, 6.45) is 2.74. The highest BCUT2D eigenvalue weighted by atomic mass is 32.2. The molecule has 0 bridgehead atoms. The van der Waals surface area contributed by atoms with E-state index < -0.39 is 9.21 Å². The first kappa shape index (κ1) is 8.19. The quantitative estimate of drug-likeness (QED) is 0.475. The Morgan fingerprint density at radius 1 is 1.30 bits per heavy atom. The van der Waals surface area contributed by atoms with Crippen molar-refractivity contribution in [2.24, 2.45) is 5.92 Å². The highest BCUT2D eigenvalue weighted by Gasteiger charge is 2.21. The third-order valence-electron chi connectivity index (χ3n) is 2.80. The van der Waals surface area contributed by atoms with Crippen LogP contribution in [0.5, 0.6) is 0 Å². The molecule has 10 heavy (non-hydrogen) atoms. The van der Waals surface area contributed by atoms with E-state index in [1.54, 1.807) is 0 Å². The van der Waals surface area contributed by atoms with Crippen molar-refractivity contribution in [3.8, 4) is 0 Å². The van der Waals surface area contributed by atoms with Gasteiger partial charge in [-0.2, -0.15) is 0 Å². The molecule has 0 nitrogen and oxygen atoms in total. The normalized spacial score (nSPS) is 39.4. The van der Waals surface area contributed by atoms with Gasteiger partial charge in [0.15, 0.2) is 0 Å². The molecule has 0 amide bonds. The lowest BCUT2D eigenvalue weighted by Gasteiger charge is -2.33. The molecule has 1 heteroatoms.